The molecule has 0 aromatic heterocycles. The van der Waals surface area contributed by atoms with Gasteiger partial charge in [-0.25, -0.2) is 4.79 Å². The zero-order valence-corrected chi connectivity index (χ0v) is 16.1. The number of carbonyl (C=O) groups is 2. The van der Waals surface area contributed by atoms with Gasteiger partial charge in [0, 0.05) is 17.3 Å². The van der Waals surface area contributed by atoms with Crippen LogP contribution in [0.4, 0.5) is 16.2 Å². The summed E-state index contributed by atoms with van der Waals surface area (Å²) in [7, 11) is 3.07. The third-order valence-corrected chi connectivity index (χ3v) is 3.45. The van der Waals surface area contributed by atoms with E-state index in [4.69, 9.17) is 14.2 Å². The number of hydrogen-bond donors (Lipinski definition) is 2. The molecule has 0 spiro atoms. The van der Waals surface area contributed by atoms with Crippen molar-refractivity contribution >= 4 is 23.4 Å². The van der Waals surface area contributed by atoms with Gasteiger partial charge in [0.15, 0.2) is 0 Å². The highest BCUT2D eigenvalue weighted by Crippen LogP contribution is 2.29. The number of benzene rings is 2. The Balaban J connectivity index is 2.07. The van der Waals surface area contributed by atoms with Gasteiger partial charge >= 0.3 is 6.09 Å². The van der Waals surface area contributed by atoms with Crippen molar-refractivity contribution in [1.82, 2.24) is 0 Å². The molecule has 7 nitrogen and oxygen atoms in total. The first kappa shape index (κ1) is 20.1. The van der Waals surface area contributed by atoms with E-state index in [0.717, 1.165) is 0 Å². The second-order valence-electron chi connectivity index (χ2n) is 6.72. The van der Waals surface area contributed by atoms with Crippen LogP contribution < -0.4 is 20.1 Å². The number of amides is 2. The van der Waals surface area contributed by atoms with E-state index in [1.54, 1.807) is 70.3 Å². The van der Waals surface area contributed by atoms with Crippen LogP contribution in [0.3, 0.4) is 0 Å². The second-order valence-corrected chi connectivity index (χ2v) is 6.72. The van der Waals surface area contributed by atoms with Crippen LogP contribution in [0, 0.1) is 0 Å². The fourth-order valence-electron chi connectivity index (χ4n) is 2.23. The molecule has 0 saturated heterocycles. The highest BCUT2D eigenvalue weighted by molar-refractivity contribution is 6.05. The number of rotatable bonds is 5. The summed E-state index contributed by atoms with van der Waals surface area (Å²) < 4.78 is 15.6. The third kappa shape index (κ3) is 5.91. The van der Waals surface area contributed by atoms with Crippen LogP contribution in [0.15, 0.2) is 42.5 Å². The minimum absolute atomic E-state index is 0.314. The maximum absolute atomic E-state index is 12.5. The maximum atomic E-state index is 12.5. The summed E-state index contributed by atoms with van der Waals surface area (Å²) in [5.74, 6) is 0.806. The fraction of sp³-hybridized carbons (Fsp3) is 0.300. The van der Waals surface area contributed by atoms with E-state index in [1.807, 2.05) is 0 Å². The molecule has 2 aromatic carbocycles. The van der Waals surface area contributed by atoms with Crippen LogP contribution in [0.25, 0.3) is 0 Å². The largest absolute Gasteiger partial charge is 0.497 e. The minimum atomic E-state index is -0.584. The average Bonchev–Trinajstić information content (AvgIpc) is 2.60. The van der Waals surface area contributed by atoms with Gasteiger partial charge in [-0.05, 0) is 57.2 Å². The molecule has 0 heterocycles. The predicted molar refractivity (Wildman–Crippen MR) is 104 cm³/mol. The monoisotopic (exact) mass is 372 g/mol. The van der Waals surface area contributed by atoms with E-state index in [0.29, 0.717) is 28.4 Å². The van der Waals surface area contributed by atoms with E-state index in [9.17, 15) is 9.59 Å². The van der Waals surface area contributed by atoms with E-state index >= 15 is 0 Å². The van der Waals surface area contributed by atoms with Crippen molar-refractivity contribution in [2.24, 2.45) is 0 Å². The lowest BCUT2D eigenvalue weighted by Gasteiger charge is -2.19. The Morgan fingerprint density at radius 2 is 1.56 bits per heavy atom. The van der Waals surface area contributed by atoms with Gasteiger partial charge in [-0.3, -0.25) is 10.1 Å². The molecule has 0 saturated carbocycles. The summed E-state index contributed by atoms with van der Waals surface area (Å²) in [5, 5.41) is 5.41. The van der Waals surface area contributed by atoms with Gasteiger partial charge in [0.25, 0.3) is 5.91 Å². The van der Waals surface area contributed by atoms with Crippen LogP contribution >= 0.6 is 0 Å². The van der Waals surface area contributed by atoms with E-state index < -0.39 is 11.7 Å². The molecular weight excluding hydrogens is 348 g/mol. The number of ether oxygens (including phenoxy) is 3. The quantitative estimate of drug-likeness (QED) is 0.817. The number of anilines is 2. The Morgan fingerprint density at radius 3 is 2.11 bits per heavy atom. The Kier molecular flexibility index (Phi) is 6.28. The third-order valence-electron chi connectivity index (χ3n) is 3.45. The Hall–Kier alpha value is -3.22. The molecule has 0 aliphatic rings. The Bertz CT molecular complexity index is 810. The molecular formula is C20H24N2O5. The minimum Gasteiger partial charge on any atom is -0.497 e. The zero-order valence-electron chi connectivity index (χ0n) is 16.1. The summed E-state index contributed by atoms with van der Waals surface area (Å²) in [5.41, 5.74) is 0.867. The predicted octanol–water partition coefficient (Wildman–Crippen LogP) is 4.30. The lowest BCUT2D eigenvalue weighted by Crippen LogP contribution is -2.27. The van der Waals surface area contributed by atoms with Crippen molar-refractivity contribution in [2.75, 3.05) is 24.9 Å². The van der Waals surface area contributed by atoms with Crippen LogP contribution in [0.1, 0.15) is 31.1 Å². The molecule has 0 bridgehead atoms. The van der Waals surface area contributed by atoms with Crippen LogP contribution in [-0.4, -0.2) is 31.8 Å². The van der Waals surface area contributed by atoms with Gasteiger partial charge < -0.3 is 19.5 Å². The van der Waals surface area contributed by atoms with Gasteiger partial charge in [-0.1, -0.05) is 0 Å². The molecule has 2 N–H and O–H groups in total. The average molecular weight is 372 g/mol. The molecule has 0 fully saturated rings. The SMILES string of the molecule is COc1ccc(OC)c(NC(=O)c2ccc(NC(=O)OC(C)(C)C)cc2)c1. The van der Waals surface area contributed by atoms with Gasteiger partial charge in [0.2, 0.25) is 0 Å². The summed E-state index contributed by atoms with van der Waals surface area (Å²) in [4.78, 5) is 24.3. The van der Waals surface area contributed by atoms with Crippen molar-refractivity contribution in [1.29, 1.82) is 0 Å². The number of hydrogen-bond acceptors (Lipinski definition) is 5. The normalized spacial score (nSPS) is 10.7. The summed E-state index contributed by atoms with van der Waals surface area (Å²) in [6, 6.07) is 11.6. The lowest BCUT2D eigenvalue weighted by molar-refractivity contribution is 0.0636. The van der Waals surface area contributed by atoms with E-state index in [-0.39, 0.29) is 5.91 Å². The van der Waals surface area contributed by atoms with Crippen LogP contribution in [0.5, 0.6) is 11.5 Å². The first-order valence-corrected chi connectivity index (χ1v) is 8.35. The molecule has 0 radical (unpaired) electrons. The van der Waals surface area contributed by atoms with E-state index in [1.165, 1.54) is 7.11 Å². The zero-order chi connectivity index (χ0) is 20.0. The molecule has 0 atom stereocenters. The Labute approximate surface area is 158 Å². The molecule has 2 amide bonds. The van der Waals surface area contributed by atoms with Gasteiger partial charge in [-0.15, -0.1) is 0 Å². The molecule has 0 aliphatic carbocycles. The highest BCUT2D eigenvalue weighted by atomic mass is 16.6. The van der Waals surface area contributed by atoms with Crippen LogP contribution in [-0.2, 0) is 4.74 Å². The summed E-state index contributed by atoms with van der Waals surface area (Å²) in [6.45, 7) is 5.35. The number of nitrogens with one attached hydrogen (secondary N) is 2. The van der Waals surface area contributed by atoms with Crippen molar-refractivity contribution in [3.8, 4) is 11.5 Å². The first-order valence-electron chi connectivity index (χ1n) is 8.35. The van der Waals surface area contributed by atoms with Gasteiger partial charge in [0.05, 0.1) is 19.9 Å². The standard InChI is InChI=1S/C20H24N2O5/c1-20(2,3)27-19(24)21-14-8-6-13(7-9-14)18(23)22-16-12-15(25-4)10-11-17(16)26-5/h6-12H,1-5H3,(H,21,24)(H,22,23). The molecule has 27 heavy (non-hydrogen) atoms. The number of methoxy groups -OCH3 is 2. The van der Waals surface area contributed by atoms with Gasteiger partial charge in [0.1, 0.15) is 17.1 Å². The molecule has 0 aliphatic heterocycles. The lowest BCUT2D eigenvalue weighted by atomic mass is 10.2. The molecule has 2 rings (SSSR count). The smallest absolute Gasteiger partial charge is 0.412 e. The van der Waals surface area contributed by atoms with Crippen molar-refractivity contribution in [2.45, 2.75) is 26.4 Å². The molecule has 144 valence electrons. The molecule has 0 unspecified atom stereocenters. The Morgan fingerprint density at radius 1 is 0.889 bits per heavy atom. The fourth-order valence-corrected chi connectivity index (χ4v) is 2.23. The van der Waals surface area contributed by atoms with Gasteiger partial charge in [-0.2, -0.15) is 0 Å². The second kappa shape index (κ2) is 8.44. The summed E-state index contributed by atoms with van der Waals surface area (Å²) in [6.07, 6.45) is -0.555. The van der Waals surface area contributed by atoms with Crippen molar-refractivity contribution < 1.29 is 23.8 Å². The number of carbonyl (C=O) groups excluding carboxylic acids is 2. The molecule has 7 heteroatoms. The first-order chi connectivity index (χ1) is 12.7. The van der Waals surface area contributed by atoms with Crippen molar-refractivity contribution in [3.05, 3.63) is 48.0 Å². The summed E-state index contributed by atoms with van der Waals surface area (Å²) >= 11 is 0. The van der Waals surface area contributed by atoms with E-state index in [2.05, 4.69) is 10.6 Å². The maximum Gasteiger partial charge on any atom is 0.412 e. The highest BCUT2D eigenvalue weighted by Gasteiger charge is 2.16. The van der Waals surface area contributed by atoms with Crippen molar-refractivity contribution in [3.63, 3.8) is 0 Å². The molecule has 2 aromatic rings. The van der Waals surface area contributed by atoms with Crippen LogP contribution in [0.2, 0.25) is 0 Å². The topological polar surface area (TPSA) is 85.9 Å².